The molecular formula is C11H21N11. The Hall–Kier alpha value is -2.72. The zero-order chi connectivity index (χ0) is 16.7. The maximum Gasteiger partial charge on any atom is 0.171 e. The molecule has 0 saturated carbocycles. The van der Waals surface area contributed by atoms with Gasteiger partial charge in [0.1, 0.15) is 5.82 Å². The summed E-state index contributed by atoms with van der Waals surface area (Å²) >= 11 is 0. The third kappa shape index (κ3) is 5.73. The standard InChI is InChI=1S/C5H9N3.2C3H6N4/c1-4-5(2)7-8(3)6-4;1-3-4-5-6-7(3)2;1-3-4-6-7(2)5-3/h1-3H3;2*1-2H3. The Kier molecular flexibility index (Phi) is 6.23. The normalized spacial score (nSPS) is 9.59. The summed E-state index contributed by atoms with van der Waals surface area (Å²) in [6, 6.07) is 0. The number of hydrogen-bond acceptors (Lipinski definition) is 8. The van der Waals surface area contributed by atoms with Crippen LogP contribution < -0.4 is 0 Å². The van der Waals surface area contributed by atoms with Crippen molar-refractivity contribution in [3.63, 3.8) is 0 Å². The van der Waals surface area contributed by atoms with Crippen LogP contribution in [0, 0.1) is 27.7 Å². The molecule has 3 aromatic rings. The molecule has 120 valence electrons. The molecule has 0 N–H and O–H groups in total. The summed E-state index contributed by atoms with van der Waals surface area (Å²) < 4.78 is 1.61. The predicted octanol–water partition coefficient (Wildman–Crippen LogP) is -0.531. The second kappa shape index (κ2) is 7.90. The molecule has 11 heteroatoms. The van der Waals surface area contributed by atoms with Gasteiger partial charge < -0.3 is 0 Å². The molecule has 0 saturated heterocycles. The molecule has 0 radical (unpaired) electrons. The molecule has 0 aliphatic rings. The zero-order valence-electron chi connectivity index (χ0n) is 13.9. The lowest BCUT2D eigenvalue weighted by Crippen LogP contribution is -1.92. The van der Waals surface area contributed by atoms with E-state index in [1.807, 2.05) is 27.8 Å². The van der Waals surface area contributed by atoms with Gasteiger partial charge in [0.25, 0.3) is 0 Å². The van der Waals surface area contributed by atoms with Gasteiger partial charge in [-0.2, -0.15) is 19.8 Å². The van der Waals surface area contributed by atoms with Crippen LogP contribution in [0.1, 0.15) is 23.0 Å². The van der Waals surface area contributed by atoms with E-state index in [1.54, 1.807) is 30.5 Å². The van der Waals surface area contributed by atoms with E-state index in [0.717, 1.165) is 17.2 Å². The van der Waals surface area contributed by atoms with Gasteiger partial charge in [0.05, 0.1) is 18.4 Å². The summed E-state index contributed by atoms with van der Waals surface area (Å²) in [6.45, 7) is 7.54. The van der Waals surface area contributed by atoms with E-state index in [9.17, 15) is 0 Å². The van der Waals surface area contributed by atoms with E-state index in [-0.39, 0.29) is 0 Å². The SMILES string of the molecule is Cc1nn(C)nc1C.Cc1nnn(C)n1.Cc1nnnn1C. The average Bonchev–Trinajstić information content (AvgIpc) is 3.07. The Morgan fingerprint density at radius 3 is 1.41 bits per heavy atom. The number of nitrogens with zero attached hydrogens (tertiary/aromatic N) is 11. The fourth-order valence-corrected chi connectivity index (χ4v) is 1.25. The first-order valence-electron chi connectivity index (χ1n) is 6.53. The third-order valence-corrected chi connectivity index (χ3v) is 2.55. The minimum Gasteiger partial charge on any atom is -0.233 e. The van der Waals surface area contributed by atoms with Crippen LogP contribution in [0.3, 0.4) is 0 Å². The van der Waals surface area contributed by atoms with Gasteiger partial charge in [-0.15, -0.1) is 15.3 Å². The molecular weight excluding hydrogens is 286 g/mol. The summed E-state index contributed by atoms with van der Waals surface area (Å²) in [5.74, 6) is 1.54. The van der Waals surface area contributed by atoms with Crippen molar-refractivity contribution >= 4 is 0 Å². The van der Waals surface area contributed by atoms with Crippen LogP contribution in [0.25, 0.3) is 0 Å². The number of aromatic nitrogens is 11. The minimum absolute atomic E-state index is 0.711. The van der Waals surface area contributed by atoms with Gasteiger partial charge >= 0.3 is 0 Å². The zero-order valence-corrected chi connectivity index (χ0v) is 13.9. The first-order valence-corrected chi connectivity index (χ1v) is 6.53. The molecule has 0 aliphatic heterocycles. The topological polar surface area (TPSA) is 118 Å². The Balaban J connectivity index is 0.000000166. The van der Waals surface area contributed by atoms with Gasteiger partial charge in [-0.25, -0.2) is 4.68 Å². The molecule has 3 heterocycles. The highest BCUT2D eigenvalue weighted by atomic mass is 15.6. The minimum atomic E-state index is 0.711. The van der Waals surface area contributed by atoms with Gasteiger partial charge in [0.15, 0.2) is 5.82 Å². The van der Waals surface area contributed by atoms with Crippen LogP contribution in [0.15, 0.2) is 0 Å². The van der Waals surface area contributed by atoms with Gasteiger partial charge in [-0.05, 0) is 43.3 Å². The molecule has 3 aromatic heterocycles. The van der Waals surface area contributed by atoms with E-state index >= 15 is 0 Å². The third-order valence-electron chi connectivity index (χ3n) is 2.55. The highest BCUT2D eigenvalue weighted by Gasteiger charge is 1.94. The summed E-state index contributed by atoms with van der Waals surface area (Å²) in [5, 5.41) is 29.6. The molecule has 3 rings (SSSR count). The van der Waals surface area contributed by atoms with E-state index in [0.29, 0.717) is 5.82 Å². The highest BCUT2D eigenvalue weighted by molar-refractivity contribution is 5.02. The van der Waals surface area contributed by atoms with Gasteiger partial charge in [0, 0.05) is 14.1 Å². The van der Waals surface area contributed by atoms with Gasteiger partial charge in [-0.3, -0.25) is 0 Å². The fourth-order valence-electron chi connectivity index (χ4n) is 1.25. The van der Waals surface area contributed by atoms with Crippen molar-refractivity contribution in [1.82, 2.24) is 55.4 Å². The van der Waals surface area contributed by atoms with E-state index in [2.05, 4.69) is 41.1 Å². The van der Waals surface area contributed by atoms with Crippen molar-refractivity contribution in [3.05, 3.63) is 23.0 Å². The summed E-state index contributed by atoms with van der Waals surface area (Å²) in [7, 11) is 5.36. The molecule has 0 unspecified atom stereocenters. The molecule has 0 aromatic carbocycles. The number of aryl methyl sites for hydroxylation is 7. The van der Waals surface area contributed by atoms with Crippen LogP contribution in [0.5, 0.6) is 0 Å². The van der Waals surface area contributed by atoms with Crippen molar-refractivity contribution in [2.45, 2.75) is 27.7 Å². The maximum atomic E-state index is 4.02. The molecule has 0 spiro atoms. The Morgan fingerprint density at radius 2 is 1.27 bits per heavy atom. The van der Waals surface area contributed by atoms with Gasteiger partial charge in [0.2, 0.25) is 0 Å². The Labute approximate surface area is 128 Å². The van der Waals surface area contributed by atoms with Crippen molar-refractivity contribution < 1.29 is 0 Å². The molecule has 11 nitrogen and oxygen atoms in total. The second-order valence-corrected chi connectivity index (χ2v) is 4.54. The van der Waals surface area contributed by atoms with E-state index in [4.69, 9.17) is 0 Å². The fraction of sp³-hybridized carbons (Fsp3) is 0.636. The summed E-state index contributed by atoms with van der Waals surface area (Å²) in [6.07, 6.45) is 0. The van der Waals surface area contributed by atoms with Crippen LogP contribution in [0.4, 0.5) is 0 Å². The molecule has 0 atom stereocenters. The summed E-state index contributed by atoms with van der Waals surface area (Å²) in [4.78, 5) is 3.00. The quantitative estimate of drug-likeness (QED) is 0.544. The second-order valence-electron chi connectivity index (χ2n) is 4.54. The van der Waals surface area contributed by atoms with Crippen molar-refractivity contribution in [2.75, 3.05) is 0 Å². The number of rotatable bonds is 0. The van der Waals surface area contributed by atoms with E-state index in [1.165, 1.54) is 4.80 Å². The first-order chi connectivity index (χ1) is 10.3. The van der Waals surface area contributed by atoms with Crippen molar-refractivity contribution in [2.24, 2.45) is 21.1 Å². The molecule has 0 bridgehead atoms. The lowest BCUT2D eigenvalue weighted by molar-refractivity contribution is 0.629. The molecule has 0 amide bonds. The lowest BCUT2D eigenvalue weighted by atomic mass is 10.4. The number of hydrogen-bond donors (Lipinski definition) is 0. The predicted molar refractivity (Wildman–Crippen MR) is 77.5 cm³/mol. The van der Waals surface area contributed by atoms with E-state index < -0.39 is 0 Å². The largest absolute Gasteiger partial charge is 0.233 e. The van der Waals surface area contributed by atoms with Crippen LogP contribution in [-0.4, -0.2) is 55.4 Å². The lowest BCUT2D eigenvalue weighted by Gasteiger charge is -1.81. The van der Waals surface area contributed by atoms with Crippen LogP contribution in [-0.2, 0) is 21.1 Å². The van der Waals surface area contributed by atoms with Gasteiger partial charge in [-0.1, -0.05) is 0 Å². The monoisotopic (exact) mass is 307 g/mol. The highest BCUT2D eigenvalue weighted by Crippen LogP contribution is 1.94. The van der Waals surface area contributed by atoms with Crippen molar-refractivity contribution in [3.8, 4) is 0 Å². The molecule has 0 fully saturated rings. The summed E-state index contributed by atoms with van der Waals surface area (Å²) in [5.41, 5.74) is 2.01. The van der Waals surface area contributed by atoms with Crippen molar-refractivity contribution in [1.29, 1.82) is 0 Å². The van der Waals surface area contributed by atoms with Crippen LogP contribution in [0.2, 0.25) is 0 Å². The average molecular weight is 307 g/mol. The Morgan fingerprint density at radius 1 is 0.682 bits per heavy atom. The molecule has 0 aliphatic carbocycles. The maximum absolute atomic E-state index is 4.02. The smallest absolute Gasteiger partial charge is 0.171 e. The Bertz CT molecular complexity index is 640. The van der Waals surface area contributed by atoms with Crippen LogP contribution >= 0.6 is 0 Å². The molecule has 22 heavy (non-hydrogen) atoms. The first kappa shape index (κ1) is 17.3. The number of tetrazole rings is 2.